The van der Waals surface area contributed by atoms with Crippen molar-refractivity contribution in [3.05, 3.63) is 69.7 Å². The van der Waals surface area contributed by atoms with Crippen molar-refractivity contribution in [1.82, 2.24) is 16.3 Å². The number of amides is 1. The van der Waals surface area contributed by atoms with Crippen molar-refractivity contribution in [2.75, 3.05) is 0 Å². The van der Waals surface area contributed by atoms with Crippen molar-refractivity contribution >= 4 is 27.5 Å². The predicted molar refractivity (Wildman–Crippen MR) is 117 cm³/mol. The van der Waals surface area contributed by atoms with Crippen LogP contribution in [0.1, 0.15) is 49.9 Å². The minimum absolute atomic E-state index is 0.111. The summed E-state index contributed by atoms with van der Waals surface area (Å²) in [5, 5.41) is 4.24. The maximum absolute atomic E-state index is 12.5. The largest absolute Gasteiger partial charge is 0.271 e. The molecule has 0 saturated carbocycles. The number of nitrogens with one attached hydrogen (secondary N) is 3. The number of halogens is 1. The van der Waals surface area contributed by atoms with Crippen LogP contribution in [0.5, 0.6) is 0 Å². The van der Waals surface area contributed by atoms with Gasteiger partial charge in [0.2, 0.25) is 0 Å². The highest BCUT2D eigenvalue weighted by atomic mass is 79.9. The first-order valence-electron chi connectivity index (χ1n) is 9.62. The summed E-state index contributed by atoms with van der Waals surface area (Å²) in [4.78, 5) is 12.5. The summed E-state index contributed by atoms with van der Waals surface area (Å²) >= 11 is 3.42. The minimum atomic E-state index is -0.318. The second kappa shape index (κ2) is 9.45. The van der Waals surface area contributed by atoms with Crippen LogP contribution in [0.25, 0.3) is 0 Å². The third-order valence-electron chi connectivity index (χ3n) is 4.84. The lowest BCUT2D eigenvalue weighted by molar-refractivity contribution is -0.122. The number of benzene rings is 2. The van der Waals surface area contributed by atoms with Crippen LogP contribution in [0.3, 0.4) is 0 Å². The molecule has 0 radical (unpaired) electrons. The SMILES string of the molecule is C/C(=N\NC(=O)C1CC(c2ccc(CC(C)C)cc2)NN1)c1ccc(Br)cc1. The van der Waals surface area contributed by atoms with E-state index in [4.69, 9.17) is 0 Å². The molecule has 0 bridgehead atoms. The van der Waals surface area contributed by atoms with Gasteiger partial charge in [-0.25, -0.2) is 16.3 Å². The van der Waals surface area contributed by atoms with Crippen molar-refractivity contribution in [2.45, 2.75) is 45.7 Å². The Morgan fingerprint density at radius 2 is 1.82 bits per heavy atom. The Kier molecular flexibility index (Phi) is 6.99. The van der Waals surface area contributed by atoms with Gasteiger partial charge in [-0.2, -0.15) is 5.10 Å². The summed E-state index contributed by atoms with van der Waals surface area (Å²) in [6.07, 6.45) is 1.76. The molecule has 1 heterocycles. The standard InChI is InChI=1S/C22H27BrN4O/c1-14(2)12-16-4-6-18(7-5-16)20-13-21(26-25-20)22(28)27-24-15(3)17-8-10-19(23)11-9-17/h4-11,14,20-21,25-26H,12-13H2,1-3H3,(H,27,28)/b24-15+. The van der Waals surface area contributed by atoms with E-state index in [0.29, 0.717) is 12.3 Å². The zero-order valence-corrected chi connectivity index (χ0v) is 18.1. The summed E-state index contributed by atoms with van der Waals surface area (Å²) < 4.78 is 1.01. The first-order chi connectivity index (χ1) is 13.4. The maximum atomic E-state index is 12.5. The Bertz CT molecular complexity index is 831. The van der Waals surface area contributed by atoms with E-state index in [2.05, 4.69) is 75.4 Å². The molecule has 2 atom stereocenters. The molecule has 3 N–H and O–H groups in total. The zero-order chi connectivity index (χ0) is 20.1. The van der Waals surface area contributed by atoms with Gasteiger partial charge in [0.25, 0.3) is 5.91 Å². The van der Waals surface area contributed by atoms with E-state index in [9.17, 15) is 4.79 Å². The molecular weight excluding hydrogens is 416 g/mol. The summed E-state index contributed by atoms with van der Waals surface area (Å²) in [6, 6.07) is 16.3. The first kappa shape index (κ1) is 20.7. The van der Waals surface area contributed by atoms with E-state index in [1.165, 1.54) is 11.1 Å². The Morgan fingerprint density at radius 1 is 1.14 bits per heavy atom. The topological polar surface area (TPSA) is 65.5 Å². The first-order valence-corrected chi connectivity index (χ1v) is 10.4. The summed E-state index contributed by atoms with van der Waals surface area (Å²) in [5.74, 6) is 0.509. The summed E-state index contributed by atoms with van der Waals surface area (Å²) in [6.45, 7) is 6.33. The Morgan fingerprint density at radius 3 is 2.46 bits per heavy atom. The molecule has 2 aromatic carbocycles. The van der Waals surface area contributed by atoms with Gasteiger partial charge in [-0.05, 0) is 54.5 Å². The molecule has 0 aromatic heterocycles. The smallest absolute Gasteiger partial charge is 0.258 e. The Balaban J connectivity index is 1.55. The van der Waals surface area contributed by atoms with Crippen LogP contribution in [-0.2, 0) is 11.2 Å². The number of nitrogens with zero attached hydrogens (tertiary/aromatic N) is 1. The van der Waals surface area contributed by atoms with Gasteiger partial charge in [-0.15, -0.1) is 0 Å². The van der Waals surface area contributed by atoms with Crippen molar-refractivity contribution in [3.8, 4) is 0 Å². The van der Waals surface area contributed by atoms with Crippen LogP contribution >= 0.6 is 15.9 Å². The number of hydrazine groups is 1. The van der Waals surface area contributed by atoms with Crippen molar-refractivity contribution in [2.24, 2.45) is 11.0 Å². The van der Waals surface area contributed by atoms with Gasteiger partial charge < -0.3 is 0 Å². The van der Waals surface area contributed by atoms with Crippen LogP contribution < -0.4 is 16.3 Å². The number of rotatable bonds is 6. The molecule has 1 aliphatic heterocycles. The highest BCUT2D eigenvalue weighted by molar-refractivity contribution is 9.10. The molecule has 148 valence electrons. The number of carbonyl (C=O) groups excluding carboxylic acids is 1. The maximum Gasteiger partial charge on any atom is 0.258 e. The highest BCUT2D eigenvalue weighted by Gasteiger charge is 2.30. The van der Waals surface area contributed by atoms with Gasteiger partial charge in [-0.3, -0.25) is 4.79 Å². The average Bonchev–Trinajstić information content (AvgIpc) is 3.17. The van der Waals surface area contributed by atoms with Gasteiger partial charge in [0.05, 0.1) is 5.71 Å². The molecule has 1 saturated heterocycles. The normalized spacial score (nSPS) is 19.8. The molecule has 0 spiro atoms. The van der Waals surface area contributed by atoms with Gasteiger partial charge in [0.1, 0.15) is 6.04 Å². The quantitative estimate of drug-likeness (QED) is 0.466. The Labute approximate surface area is 175 Å². The average molecular weight is 443 g/mol. The number of hydrogen-bond acceptors (Lipinski definition) is 4. The fourth-order valence-electron chi connectivity index (χ4n) is 3.28. The van der Waals surface area contributed by atoms with Crippen LogP contribution in [0, 0.1) is 5.92 Å². The molecule has 2 aromatic rings. The molecule has 0 aliphatic carbocycles. The van der Waals surface area contributed by atoms with Crippen molar-refractivity contribution in [3.63, 3.8) is 0 Å². The Hall–Kier alpha value is -2.02. The summed E-state index contributed by atoms with van der Waals surface area (Å²) in [7, 11) is 0. The molecule has 2 unspecified atom stereocenters. The summed E-state index contributed by atoms with van der Waals surface area (Å²) in [5.41, 5.74) is 13.3. The fourth-order valence-corrected chi connectivity index (χ4v) is 3.54. The monoisotopic (exact) mass is 442 g/mol. The van der Waals surface area contributed by atoms with Crippen LogP contribution in [0.2, 0.25) is 0 Å². The van der Waals surface area contributed by atoms with Gasteiger partial charge in [-0.1, -0.05) is 66.2 Å². The number of hydrazone groups is 1. The lowest BCUT2D eigenvalue weighted by atomic mass is 9.97. The van der Waals surface area contributed by atoms with Crippen molar-refractivity contribution < 1.29 is 4.79 Å². The third kappa shape index (κ3) is 5.50. The van der Waals surface area contributed by atoms with Crippen molar-refractivity contribution in [1.29, 1.82) is 0 Å². The van der Waals surface area contributed by atoms with E-state index in [1.54, 1.807) is 0 Å². The lowest BCUT2D eigenvalue weighted by Crippen LogP contribution is -2.41. The fraction of sp³-hybridized carbons (Fsp3) is 0.364. The highest BCUT2D eigenvalue weighted by Crippen LogP contribution is 2.23. The van der Waals surface area contributed by atoms with Crippen LogP contribution in [-0.4, -0.2) is 17.7 Å². The minimum Gasteiger partial charge on any atom is -0.271 e. The van der Waals surface area contributed by atoms with Crippen LogP contribution in [0.15, 0.2) is 58.1 Å². The number of carbonyl (C=O) groups is 1. The van der Waals surface area contributed by atoms with Crippen LogP contribution in [0.4, 0.5) is 0 Å². The number of hydrogen-bond donors (Lipinski definition) is 3. The molecular formula is C22H27BrN4O. The van der Waals surface area contributed by atoms with E-state index in [-0.39, 0.29) is 18.0 Å². The predicted octanol–water partition coefficient (Wildman–Crippen LogP) is 4.10. The van der Waals surface area contributed by atoms with E-state index in [0.717, 1.165) is 22.2 Å². The molecule has 1 fully saturated rings. The van der Waals surface area contributed by atoms with Gasteiger partial charge >= 0.3 is 0 Å². The molecule has 3 rings (SSSR count). The molecule has 1 aliphatic rings. The molecule has 28 heavy (non-hydrogen) atoms. The molecule has 6 heteroatoms. The second-order valence-corrected chi connectivity index (χ2v) is 8.56. The second-order valence-electron chi connectivity index (χ2n) is 7.65. The third-order valence-corrected chi connectivity index (χ3v) is 5.37. The van der Waals surface area contributed by atoms with Gasteiger partial charge in [0, 0.05) is 10.5 Å². The lowest BCUT2D eigenvalue weighted by Gasteiger charge is -2.11. The van der Waals surface area contributed by atoms with Gasteiger partial charge in [0.15, 0.2) is 0 Å². The van der Waals surface area contributed by atoms with E-state index in [1.807, 2.05) is 31.2 Å². The molecule has 1 amide bonds. The van der Waals surface area contributed by atoms with E-state index >= 15 is 0 Å². The molecule has 5 nitrogen and oxygen atoms in total. The zero-order valence-electron chi connectivity index (χ0n) is 16.5. The van der Waals surface area contributed by atoms with E-state index < -0.39 is 0 Å².